The Balaban J connectivity index is 0.00000338. The second kappa shape index (κ2) is 13.2. The summed E-state index contributed by atoms with van der Waals surface area (Å²) in [7, 11) is -3.62. The third-order valence-electron chi connectivity index (χ3n) is 4.07. The van der Waals surface area contributed by atoms with E-state index in [1.165, 1.54) is 18.5 Å². The highest BCUT2D eigenvalue weighted by Gasteiger charge is 2.23. The molecule has 1 aromatic rings. The summed E-state index contributed by atoms with van der Waals surface area (Å²) < 4.78 is 32.3. The molecular weight excluding hydrogens is 415 g/mol. The average Bonchev–Trinajstić information content (AvgIpc) is 2.63. The third-order valence-corrected chi connectivity index (χ3v) is 5.52. The molecule has 11 heteroatoms. The largest absolute Gasteiger partial charge is 0.378 e. The Kier molecular flexibility index (Phi) is 12.8. The first kappa shape index (κ1) is 26.0. The molecule has 0 radical (unpaired) electrons. The van der Waals surface area contributed by atoms with Gasteiger partial charge in [0.1, 0.15) is 4.90 Å². The highest BCUT2D eigenvalue weighted by molar-refractivity contribution is 7.89. The zero-order chi connectivity index (χ0) is 18.1. The number of nitrogens with two attached hydrogens (primary N) is 1. The van der Waals surface area contributed by atoms with Crippen molar-refractivity contribution in [2.75, 3.05) is 32.8 Å². The first-order chi connectivity index (χ1) is 12.0. The van der Waals surface area contributed by atoms with Crippen LogP contribution in [-0.4, -0.2) is 63.1 Å². The Morgan fingerprint density at radius 2 is 2.04 bits per heavy atom. The van der Waals surface area contributed by atoms with Crippen LogP contribution in [0.5, 0.6) is 0 Å². The van der Waals surface area contributed by atoms with E-state index >= 15 is 0 Å². The molecule has 2 rings (SSSR count). The van der Waals surface area contributed by atoms with Gasteiger partial charge in [-0.15, -0.1) is 24.8 Å². The van der Waals surface area contributed by atoms with Crippen molar-refractivity contribution >= 4 is 40.7 Å². The van der Waals surface area contributed by atoms with Gasteiger partial charge in [0, 0.05) is 45.1 Å². The Morgan fingerprint density at radius 3 is 2.63 bits per heavy atom. The molecule has 1 aliphatic rings. The van der Waals surface area contributed by atoms with Gasteiger partial charge in [-0.1, -0.05) is 0 Å². The van der Waals surface area contributed by atoms with E-state index < -0.39 is 10.0 Å². The van der Waals surface area contributed by atoms with E-state index in [0.717, 1.165) is 19.3 Å². The van der Waals surface area contributed by atoms with Gasteiger partial charge >= 0.3 is 0 Å². The molecule has 27 heavy (non-hydrogen) atoms. The molecule has 0 saturated carbocycles. The van der Waals surface area contributed by atoms with E-state index in [2.05, 4.69) is 9.71 Å². The third kappa shape index (κ3) is 8.71. The van der Waals surface area contributed by atoms with Gasteiger partial charge in [-0.2, -0.15) is 0 Å². The number of rotatable bonds is 9. The number of aromatic nitrogens is 1. The van der Waals surface area contributed by atoms with Crippen molar-refractivity contribution in [1.82, 2.24) is 14.6 Å². The number of carbonyl (C=O) groups excluding carboxylic acids is 1. The van der Waals surface area contributed by atoms with Crippen LogP contribution < -0.4 is 10.5 Å². The lowest BCUT2D eigenvalue weighted by atomic mass is 10.1. The smallest absolute Gasteiger partial charge is 0.242 e. The van der Waals surface area contributed by atoms with Gasteiger partial charge in [-0.05, 0) is 37.9 Å². The second-order valence-electron chi connectivity index (χ2n) is 5.93. The van der Waals surface area contributed by atoms with Crippen LogP contribution in [0.1, 0.15) is 25.7 Å². The molecule has 0 unspecified atom stereocenters. The van der Waals surface area contributed by atoms with Crippen molar-refractivity contribution < 1.29 is 17.9 Å². The molecule has 0 spiro atoms. The van der Waals surface area contributed by atoms with E-state index in [9.17, 15) is 13.2 Å². The molecule has 1 saturated heterocycles. The van der Waals surface area contributed by atoms with Crippen molar-refractivity contribution in [3.05, 3.63) is 24.5 Å². The zero-order valence-electron chi connectivity index (χ0n) is 15.1. The molecular formula is C16H28Cl2N4O4S. The number of amides is 1. The number of sulfonamides is 1. The molecule has 0 atom stereocenters. The Labute approximate surface area is 173 Å². The molecule has 0 bridgehead atoms. The predicted molar refractivity (Wildman–Crippen MR) is 108 cm³/mol. The van der Waals surface area contributed by atoms with Crippen LogP contribution in [0.15, 0.2) is 29.4 Å². The van der Waals surface area contributed by atoms with E-state index in [0.29, 0.717) is 26.2 Å². The molecule has 0 aliphatic carbocycles. The summed E-state index contributed by atoms with van der Waals surface area (Å²) in [5, 5.41) is 0. The monoisotopic (exact) mass is 442 g/mol. The predicted octanol–water partition coefficient (Wildman–Crippen LogP) is 0.950. The highest BCUT2D eigenvalue weighted by atomic mass is 35.5. The summed E-state index contributed by atoms with van der Waals surface area (Å²) in [6.07, 6.45) is 5.55. The summed E-state index contributed by atoms with van der Waals surface area (Å²) in [6.45, 7) is 2.63. The summed E-state index contributed by atoms with van der Waals surface area (Å²) in [5.41, 5.74) is 5.44. The van der Waals surface area contributed by atoms with Gasteiger partial charge in [0.15, 0.2) is 0 Å². The first-order valence-electron chi connectivity index (χ1n) is 8.52. The van der Waals surface area contributed by atoms with Crippen LogP contribution in [0.4, 0.5) is 0 Å². The van der Waals surface area contributed by atoms with Crippen molar-refractivity contribution in [2.45, 2.75) is 36.7 Å². The van der Waals surface area contributed by atoms with Crippen molar-refractivity contribution in [3.8, 4) is 0 Å². The van der Waals surface area contributed by atoms with Crippen LogP contribution in [0, 0.1) is 0 Å². The molecule has 3 N–H and O–H groups in total. The van der Waals surface area contributed by atoms with Crippen LogP contribution >= 0.6 is 24.8 Å². The Bertz CT molecular complexity index is 641. The summed E-state index contributed by atoms with van der Waals surface area (Å²) in [4.78, 5) is 17.9. The highest BCUT2D eigenvalue weighted by Crippen LogP contribution is 2.15. The van der Waals surface area contributed by atoms with E-state index in [1.807, 2.05) is 0 Å². The number of ether oxygens (including phenoxy) is 1. The van der Waals surface area contributed by atoms with Crippen molar-refractivity contribution in [2.24, 2.45) is 5.73 Å². The van der Waals surface area contributed by atoms with Crippen LogP contribution in [0.2, 0.25) is 0 Å². The number of nitrogens with zero attached hydrogens (tertiary/aromatic N) is 2. The number of hydrogen-bond donors (Lipinski definition) is 2. The number of likely N-dealkylation sites (tertiary alicyclic amines) is 1. The molecule has 156 valence electrons. The van der Waals surface area contributed by atoms with Gasteiger partial charge in [0.25, 0.3) is 0 Å². The zero-order valence-corrected chi connectivity index (χ0v) is 17.5. The number of nitrogens with one attached hydrogen (secondary N) is 1. The summed E-state index contributed by atoms with van der Waals surface area (Å²) in [6, 6.07) is 3.02. The molecule has 1 fully saturated rings. The lowest BCUT2D eigenvalue weighted by Crippen LogP contribution is -2.42. The van der Waals surface area contributed by atoms with Crippen molar-refractivity contribution in [1.29, 1.82) is 0 Å². The fraction of sp³-hybridized carbons (Fsp3) is 0.625. The quantitative estimate of drug-likeness (QED) is 0.550. The molecule has 1 aliphatic heterocycles. The fourth-order valence-corrected chi connectivity index (χ4v) is 3.64. The van der Waals surface area contributed by atoms with Gasteiger partial charge in [0.2, 0.25) is 15.9 Å². The maximum absolute atomic E-state index is 12.2. The standard InChI is InChI=1S/C16H26N4O4S.2ClH/c17-7-2-12-24-14-5-10-20(11-6-14)16(21)4-9-19-25(22,23)15-3-1-8-18-13-15;;/h1,3,8,13-14,19H,2,4-7,9-12,17H2;2*1H. The van der Waals surface area contributed by atoms with Gasteiger partial charge in [-0.25, -0.2) is 13.1 Å². The second-order valence-corrected chi connectivity index (χ2v) is 7.70. The minimum Gasteiger partial charge on any atom is -0.378 e. The van der Waals surface area contributed by atoms with Crippen molar-refractivity contribution in [3.63, 3.8) is 0 Å². The minimum atomic E-state index is -3.62. The average molecular weight is 443 g/mol. The number of hydrogen-bond acceptors (Lipinski definition) is 6. The molecule has 2 heterocycles. The SMILES string of the molecule is Cl.Cl.NCCCOC1CCN(C(=O)CCNS(=O)(=O)c2cccnc2)CC1. The van der Waals surface area contributed by atoms with E-state index in [4.69, 9.17) is 10.5 Å². The number of piperidine rings is 1. The van der Waals surface area contributed by atoms with Crippen LogP contribution in [0.3, 0.4) is 0 Å². The molecule has 0 aromatic carbocycles. The normalized spacial score (nSPS) is 14.9. The van der Waals surface area contributed by atoms with Crippen LogP contribution in [0.25, 0.3) is 0 Å². The van der Waals surface area contributed by atoms with E-state index in [-0.39, 0.29) is 54.7 Å². The molecule has 8 nitrogen and oxygen atoms in total. The summed E-state index contributed by atoms with van der Waals surface area (Å²) >= 11 is 0. The molecule has 1 aromatic heterocycles. The lowest BCUT2D eigenvalue weighted by Gasteiger charge is -2.32. The van der Waals surface area contributed by atoms with Crippen LogP contribution in [-0.2, 0) is 19.6 Å². The fourth-order valence-electron chi connectivity index (χ4n) is 2.65. The number of halogens is 2. The topological polar surface area (TPSA) is 115 Å². The lowest BCUT2D eigenvalue weighted by molar-refractivity contribution is -0.133. The Hall–Kier alpha value is -0.970. The Morgan fingerprint density at radius 1 is 1.33 bits per heavy atom. The summed E-state index contributed by atoms with van der Waals surface area (Å²) in [5.74, 6) is -0.0469. The van der Waals surface area contributed by atoms with Gasteiger partial charge in [0.05, 0.1) is 6.10 Å². The minimum absolute atomic E-state index is 0. The first-order valence-corrected chi connectivity index (χ1v) is 10.0. The molecule has 1 amide bonds. The van der Waals surface area contributed by atoms with Gasteiger partial charge < -0.3 is 15.4 Å². The number of pyridine rings is 1. The number of carbonyl (C=O) groups is 1. The maximum atomic E-state index is 12.2. The van der Waals surface area contributed by atoms with E-state index in [1.54, 1.807) is 11.0 Å². The van der Waals surface area contributed by atoms with Gasteiger partial charge in [-0.3, -0.25) is 9.78 Å². The maximum Gasteiger partial charge on any atom is 0.242 e.